The van der Waals surface area contributed by atoms with E-state index in [9.17, 15) is 10.1 Å². The minimum atomic E-state index is -0.428. The molecule has 0 aliphatic heterocycles. The van der Waals surface area contributed by atoms with Gasteiger partial charge in [-0.3, -0.25) is 10.1 Å². The molecule has 70 valence electrons. The standard InChI is InChI=1S/C8H9BrN2O2/c1-5(10)6-3-2-4-7(9)8(6)11(12)13/h2-5H,10H2,1H3. The highest BCUT2D eigenvalue weighted by Gasteiger charge is 2.19. The molecule has 0 spiro atoms. The van der Waals surface area contributed by atoms with Gasteiger partial charge in [0, 0.05) is 11.6 Å². The van der Waals surface area contributed by atoms with E-state index >= 15 is 0 Å². The Balaban J connectivity index is 3.34. The molecule has 0 fully saturated rings. The largest absolute Gasteiger partial charge is 0.324 e. The molecular formula is C8H9BrN2O2. The Labute approximate surface area is 84.0 Å². The highest BCUT2D eigenvalue weighted by molar-refractivity contribution is 9.10. The Hall–Kier alpha value is -0.940. The zero-order valence-corrected chi connectivity index (χ0v) is 8.61. The topological polar surface area (TPSA) is 69.2 Å². The molecular weight excluding hydrogens is 236 g/mol. The molecule has 0 aliphatic carbocycles. The van der Waals surface area contributed by atoms with Crippen molar-refractivity contribution in [2.75, 3.05) is 0 Å². The average molecular weight is 245 g/mol. The van der Waals surface area contributed by atoms with Crippen LogP contribution in [0.3, 0.4) is 0 Å². The normalized spacial score (nSPS) is 12.5. The third kappa shape index (κ3) is 2.05. The first-order valence-electron chi connectivity index (χ1n) is 3.72. The third-order valence-electron chi connectivity index (χ3n) is 1.69. The Morgan fingerprint density at radius 2 is 2.23 bits per heavy atom. The molecule has 1 aromatic rings. The maximum Gasteiger partial charge on any atom is 0.288 e. The lowest BCUT2D eigenvalue weighted by Gasteiger charge is -2.06. The summed E-state index contributed by atoms with van der Waals surface area (Å²) in [6.45, 7) is 1.72. The number of nitro groups is 1. The van der Waals surface area contributed by atoms with E-state index in [0.717, 1.165) is 0 Å². The van der Waals surface area contributed by atoms with Crippen molar-refractivity contribution < 1.29 is 4.92 Å². The van der Waals surface area contributed by atoms with Crippen molar-refractivity contribution in [1.82, 2.24) is 0 Å². The average Bonchev–Trinajstić information content (AvgIpc) is 2.02. The van der Waals surface area contributed by atoms with Gasteiger partial charge in [-0.2, -0.15) is 0 Å². The molecule has 0 heterocycles. The number of rotatable bonds is 2. The minimum absolute atomic E-state index is 0.0532. The van der Waals surface area contributed by atoms with E-state index in [1.54, 1.807) is 25.1 Å². The first-order valence-corrected chi connectivity index (χ1v) is 4.51. The van der Waals surface area contributed by atoms with Crippen molar-refractivity contribution >= 4 is 21.6 Å². The highest BCUT2D eigenvalue weighted by atomic mass is 79.9. The third-order valence-corrected chi connectivity index (χ3v) is 2.33. The van der Waals surface area contributed by atoms with Gasteiger partial charge in [0.25, 0.3) is 5.69 Å². The molecule has 0 aliphatic rings. The van der Waals surface area contributed by atoms with Gasteiger partial charge in [0.15, 0.2) is 0 Å². The maximum absolute atomic E-state index is 10.7. The molecule has 0 saturated carbocycles. The number of nitrogens with zero attached hydrogens (tertiary/aromatic N) is 1. The van der Waals surface area contributed by atoms with Gasteiger partial charge < -0.3 is 5.73 Å². The number of para-hydroxylation sites is 1. The number of nitro benzene ring substituents is 1. The lowest BCUT2D eigenvalue weighted by molar-refractivity contribution is -0.386. The summed E-state index contributed by atoms with van der Waals surface area (Å²) in [4.78, 5) is 10.2. The molecule has 0 saturated heterocycles. The lowest BCUT2D eigenvalue weighted by atomic mass is 10.1. The van der Waals surface area contributed by atoms with Crippen LogP contribution in [-0.4, -0.2) is 4.92 Å². The predicted octanol–water partition coefficient (Wildman–Crippen LogP) is 2.38. The van der Waals surface area contributed by atoms with Crippen LogP contribution in [0.4, 0.5) is 5.69 Å². The van der Waals surface area contributed by atoms with Crippen molar-refractivity contribution in [3.8, 4) is 0 Å². The lowest BCUT2D eigenvalue weighted by Crippen LogP contribution is -2.08. The minimum Gasteiger partial charge on any atom is -0.324 e. The van der Waals surface area contributed by atoms with Gasteiger partial charge in [-0.15, -0.1) is 0 Å². The fraction of sp³-hybridized carbons (Fsp3) is 0.250. The number of hydrogen-bond acceptors (Lipinski definition) is 3. The van der Waals surface area contributed by atoms with Gasteiger partial charge in [-0.05, 0) is 28.9 Å². The van der Waals surface area contributed by atoms with Crippen LogP contribution in [0.15, 0.2) is 22.7 Å². The summed E-state index contributed by atoms with van der Waals surface area (Å²) >= 11 is 3.12. The number of benzene rings is 1. The molecule has 0 radical (unpaired) electrons. The van der Waals surface area contributed by atoms with E-state index in [4.69, 9.17) is 5.73 Å². The van der Waals surface area contributed by atoms with Crippen LogP contribution in [0, 0.1) is 10.1 Å². The van der Waals surface area contributed by atoms with Crippen LogP contribution in [-0.2, 0) is 0 Å². The number of halogens is 1. The smallest absolute Gasteiger partial charge is 0.288 e. The Kier molecular flexibility index (Phi) is 3.00. The predicted molar refractivity (Wildman–Crippen MR) is 53.4 cm³/mol. The van der Waals surface area contributed by atoms with Crippen LogP contribution in [0.2, 0.25) is 0 Å². The molecule has 0 aromatic heterocycles. The summed E-state index contributed by atoms with van der Waals surface area (Å²) in [5.41, 5.74) is 6.19. The van der Waals surface area contributed by atoms with Gasteiger partial charge in [0.05, 0.1) is 9.40 Å². The first kappa shape index (κ1) is 10.1. The summed E-state index contributed by atoms with van der Waals surface area (Å²) in [5, 5.41) is 10.7. The molecule has 0 bridgehead atoms. The molecule has 4 nitrogen and oxygen atoms in total. The Morgan fingerprint density at radius 3 is 2.62 bits per heavy atom. The molecule has 1 unspecified atom stereocenters. The Morgan fingerprint density at radius 1 is 1.62 bits per heavy atom. The zero-order chi connectivity index (χ0) is 10.0. The van der Waals surface area contributed by atoms with Gasteiger partial charge >= 0.3 is 0 Å². The van der Waals surface area contributed by atoms with Crippen molar-refractivity contribution in [2.45, 2.75) is 13.0 Å². The summed E-state index contributed by atoms with van der Waals surface area (Å²) in [7, 11) is 0. The van der Waals surface area contributed by atoms with Gasteiger partial charge in [0.1, 0.15) is 0 Å². The van der Waals surface area contributed by atoms with E-state index in [1.807, 2.05) is 0 Å². The first-order chi connectivity index (χ1) is 6.04. The maximum atomic E-state index is 10.7. The number of nitrogens with two attached hydrogens (primary N) is 1. The second-order valence-corrected chi connectivity index (χ2v) is 3.58. The molecule has 2 N–H and O–H groups in total. The molecule has 5 heteroatoms. The van der Waals surface area contributed by atoms with E-state index < -0.39 is 4.92 Å². The summed E-state index contributed by atoms with van der Waals surface area (Å²) in [6, 6.07) is 4.69. The van der Waals surface area contributed by atoms with Crippen molar-refractivity contribution in [2.24, 2.45) is 5.73 Å². The van der Waals surface area contributed by atoms with Crippen LogP contribution in [0.5, 0.6) is 0 Å². The van der Waals surface area contributed by atoms with E-state index in [0.29, 0.717) is 10.0 Å². The van der Waals surface area contributed by atoms with E-state index in [2.05, 4.69) is 15.9 Å². The van der Waals surface area contributed by atoms with Gasteiger partial charge in [-0.25, -0.2) is 0 Å². The van der Waals surface area contributed by atoms with Crippen LogP contribution in [0.1, 0.15) is 18.5 Å². The molecule has 0 amide bonds. The fourth-order valence-electron chi connectivity index (χ4n) is 1.09. The second-order valence-electron chi connectivity index (χ2n) is 2.72. The van der Waals surface area contributed by atoms with Gasteiger partial charge in [0.2, 0.25) is 0 Å². The SMILES string of the molecule is CC(N)c1cccc(Br)c1[N+](=O)[O-]. The summed E-state index contributed by atoms with van der Waals surface area (Å²) in [5.74, 6) is 0. The van der Waals surface area contributed by atoms with Crippen LogP contribution in [0.25, 0.3) is 0 Å². The highest BCUT2D eigenvalue weighted by Crippen LogP contribution is 2.31. The fourth-order valence-corrected chi connectivity index (χ4v) is 1.62. The van der Waals surface area contributed by atoms with Crippen molar-refractivity contribution in [1.29, 1.82) is 0 Å². The Bertz CT molecular complexity index is 339. The molecule has 1 aromatic carbocycles. The van der Waals surface area contributed by atoms with Crippen LogP contribution >= 0.6 is 15.9 Å². The van der Waals surface area contributed by atoms with Crippen molar-refractivity contribution in [3.05, 3.63) is 38.3 Å². The van der Waals surface area contributed by atoms with Crippen molar-refractivity contribution in [3.63, 3.8) is 0 Å². The molecule has 13 heavy (non-hydrogen) atoms. The van der Waals surface area contributed by atoms with Crippen LogP contribution < -0.4 is 5.73 Å². The van der Waals surface area contributed by atoms with Gasteiger partial charge in [-0.1, -0.05) is 12.1 Å². The summed E-state index contributed by atoms with van der Waals surface area (Å²) in [6.07, 6.45) is 0. The van der Waals surface area contributed by atoms with E-state index in [-0.39, 0.29) is 11.7 Å². The quantitative estimate of drug-likeness (QED) is 0.642. The summed E-state index contributed by atoms with van der Waals surface area (Å²) < 4.78 is 0.465. The number of hydrogen-bond donors (Lipinski definition) is 1. The zero-order valence-electron chi connectivity index (χ0n) is 7.03. The van der Waals surface area contributed by atoms with E-state index in [1.165, 1.54) is 0 Å². The molecule has 1 atom stereocenters. The monoisotopic (exact) mass is 244 g/mol. The molecule has 1 rings (SSSR count). The second kappa shape index (κ2) is 3.85.